The van der Waals surface area contributed by atoms with Gasteiger partial charge in [-0.15, -0.1) is 0 Å². The minimum absolute atomic E-state index is 0.0913. The molecule has 2 aromatic heterocycles. The van der Waals surface area contributed by atoms with Gasteiger partial charge in [0, 0.05) is 18.1 Å². The molecule has 2 aromatic rings. The van der Waals surface area contributed by atoms with E-state index in [2.05, 4.69) is 20.8 Å². The minimum Gasteiger partial charge on any atom is -0.467 e. The Hall–Kier alpha value is -2.96. The van der Waals surface area contributed by atoms with Crippen LogP contribution in [0, 0.1) is 0 Å². The molecule has 0 radical (unpaired) electrons. The van der Waals surface area contributed by atoms with E-state index in [-0.39, 0.29) is 18.2 Å². The fourth-order valence-electron chi connectivity index (χ4n) is 1.64. The first-order chi connectivity index (χ1) is 10.6. The van der Waals surface area contributed by atoms with Crippen LogP contribution >= 0.6 is 0 Å². The van der Waals surface area contributed by atoms with Crippen LogP contribution in [0.25, 0.3) is 0 Å². The van der Waals surface area contributed by atoms with Gasteiger partial charge in [-0.3, -0.25) is 14.6 Å². The van der Waals surface area contributed by atoms with Gasteiger partial charge in [-0.2, -0.15) is 5.10 Å². The Labute approximate surface area is 127 Å². The van der Waals surface area contributed by atoms with Crippen molar-refractivity contribution in [1.29, 1.82) is 0 Å². The summed E-state index contributed by atoms with van der Waals surface area (Å²) in [4.78, 5) is 27.3. The molecule has 2 amide bonds. The summed E-state index contributed by atoms with van der Waals surface area (Å²) in [6.07, 6.45) is 4.65. The first-order valence-corrected chi connectivity index (χ1v) is 6.68. The highest BCUT2D eigenvalue weighted by Gasteiger charge is 2.07. The maximum absolute atomic E-state index is 11.7. The Morgan fingerprint density at radius 3 is 2.86 bits per heavy atom. The van der Waals surface area contributed by atoms with Crippen molar-refractivity contribution in [2.45, 2.75) is 19.9 Å². The summed E-state index contributed by atoms with van der Waals surface area (Å²) < 4.78 is 5.11. The molecule has 2 heterocycles. The number of rotatable bonds is 6. The van der Waals surface area contributed by atoms with Crippen molar-refractivity contribution in [3.8, 4) is 0 Å². The van der Waals surface area contributed by atoms with E-state index in [1.165, 1.54) is 6.20 Å². The average molecular weight is 300 g/mol. The zero-order valence-electron chi connectivity index (χ0n) is 12.1. The molecule has 0 atom stereocenters. The summed E-state index contributed by atoms with van der Waals surface area (Å²) in [6.45, 7) is 1.98. The van der Waals surface area contributed by atoms with Gasteiger partial charge in [-0.25, -0.2) is 5.43 Å². The number of nitrogens with one attached hydrogen (secondary N) is 2. The molecule has 0 saturated heterocycles. The first kappa shape index (κ1) is 15.4. The number of hydrazone groups is 1. The van der Waals surface area contributed by atoms with Crippen LogP contribution < -0.4 is 10.7 Å². The number of carbonyl (C=O) groups excluding carboxylic acids is 2. The SMILES string of the molecule is C/C(CC(=O)NCc1ccco1)=N\NC(=O)c1cccnc1. The number of carbonyl (C=O) groups is 2. The van der Waals surface area contributed by atoms with E-state index in [9.17, 15) is 9.59 Å². The van der Waals surface area contributed by atoms with Crippen LogP contribution in [0.5, 0.6) is 0 Å². The van der Waals surface area contributed by atoms with Gasteiger partial charge >= 0.3 is 0 Å². The molecule has 2 rings (SSSR count). The van der Waals surface area contributed by atoms with Crippen molar-refractivity contribution in [1.82, 2.24) is 15.7 Å². The quantitative estimate of drug-likeness (QED) is 0.624. The lowest BCUT2D eigenvalue weighted by Gasteiger charge is -2.04. The third-order valence-electron chi connectivity index (χ3n) is 2.73. The lowest BCUT2D eigenvalue weighted by molar-refractivity contribution is -0.120. The van der Waals surface area contributed by atoms with Gasteiger partial charge in [-0.05, 0) is 31.2 Å². The van der Waals surface area contributed by atoms with Gasteiger partial charge < -0.3 is 9.73 Å². The van der Waals surface area contributed by atoms with E-state index >= 15 is 0 Å². The molecule has 0 unspecified atom stereocenters. The van der Waals surface area contributed by atoms with E-state index < -0.39 is 0 Å². The molecule has 0 fully saturated rings. The Morgan fingerprint density at radius 2 is 2.18 bits per heavy atom. The van der Waals surface area contributed by atoms with Crippen LogP contribution in [0.4, 0.5) is 0 Å². The summed E-state index contributed by atoms with van der Waals surface area (Å²) in [5.74, 6) is 0.101. The zero-order chi connectivity index (χ0) is 15.8. The fraction of sp³-hybridized carbons (Fsp3) is 0.200. The molecular formula is C15H16N4O3. The van der Waals surface area contributed by atoms with Gasteiger partial charge in [0.05, 0.1) is 24.8 Å². The van der Waals surface area contributed by atoms with Crippen molar-refractivity contribution in [3.05, 3.63) is 54.2 Å². The van der Waals surface area contributed by atoms with Crippen molar-refractivity contribution in [2.75, 3.05) is 0 Å². The Bertz CT molecular complexity index is 651. The van der Waals surface area contributed by atoms with Gasteiger partial charge in [0.2, 0.25) is 5.91 Å². The Morgan fingerprint density at radius 1 is 1.32 bits per heavy atom. The molecule has 7 nitrogen and oxygen atoms in total. The van der Waals surface area contributed by atoms with Crippen molar-refractivity contribution in [2.24, 2.45) is 5.10 Å². The lowest BCUT2D eigenvalue weighted by atomic mass is 10.3. The maximum Gasteiger partial charge on any atom is 0.272 e. The minimum atomic E-state index is -0.372. The highest BCUT2D eigenvalue weighted by molar-refractivity contribution is 6.01. The molecule has 0 aliphatic rings. The molecule has 0 aliphatic heterocycles. The summed E-state index contributed by atoms with van der Waals surface area (Å²) in [5, 5.41) is 6.59. The standard InChI is InChI=1S/C15H16N4O3/c1-11(8-14(20)17-10-13-5-3-7-22-13)18-19-15(21)12-4-2-6-16-9-12/h2-7,9H,8,10H2,1H3,(H,17,20)(H,19,21)/b18-11+. The second kappa shape index (κ2) is 7.72. The monoisotopic (exact) mass is 300 g/mol. The molecular weight excluding hydrogens is 284 g/mol. The molecule has 0 spiro atoms. The third kappa shape index (κ3) is 4.86. The topological polar surface area (TPSA) is 96.6 Å². The van der Waals surface area contributed by atoms with Crippen molar-refractivity contribution < 1.29 is 14.0 Å². The van der Waals surface area contributed by atoms with Gasteiger partial charge in [0.15, 0.2) is 0 Å². The van der Waals surface area contributed by atoms with Crippen LogP contribution in [-0.2, 0) is 11.3 Å². The normalized spacial score (nSPS) is 11.0. The molecule has 2 N–H and O–H groups in total. The molecule has 0 saturated carbocycles. The predicted molar refractivity (Wildman–Crippen MR) is 80.0 cm³/mol. The summed E-state index contributed by atoms with van der Waals surface area (Å²) >= 11 is 0. The number of pyridine rings is 1. The van der Waals surface area contributed by atoms with E-state index in [0.717, 1.165) is 0 Å². The van der Waals surface area contributed by atoms with Gasteiger partial charge in [0.25, 0.3) is 5.91 Å². The number of nitrogens with zero attached hydrogens (tertiary/aromatic N) is 2. The van der Waals surface area contributed by atoms with Crippen LogP contribution in [0.3, 0.4) is 0 Å². The Balaban J connectivity index is 1.77. The van der Waals surface area contributed by atoms with Gasteiger partial charge in [0.1, 0.15) is 5.76 Å². The third-order valence-corrected chi connectivity index (χ3v) is 2.73. The first-order valence-electron chi connectivity index (χ1n) is 6.68. The molecule has 22 heavy (non-hydrogen) atoms. The summed E-state index contributed by atoms with van der Waals surface area (Å²) in [5.41, 5.74) is 3.28. The number of furan rings is 1. The predicted octanol–water partition coefficient (Wildman–Crippen LogP) is 1.49. The average Bonchev–Trinajstić information content (AvgIpc) is 3.05. The molecule has 7 heteroatoms. The van der Waals surface area contributed by atoms with Crippen LogP contribution in [0.15, 0.2) is 52.4 Å². The van der Waals surface area contributed by atoms with Crippen molar-refractivity contribution >= 4 is 17.5 Å². The molecule has 0 bridgehead atoms. The molecule has 114 valence electrons. The molecule has 0 aliphatic carbocycles. The van der Waals surface area contributed by atoms with Gasteiger partial charge in [-0.1, -0.05) is 0 Å². The van der Waals surface area contributed by atoms with Crippen molar-refractivity contribution in [3.63, 3.8) is 0 Å². The fourth-order valence-corrected chi connectivity index (χ4v) is 1.64. The highest BCUT2D eigenvalue weighted by atomic mass is 16.3. The Kier molecular flexibility index (Phi) is 5.42. The summed E-state index contributed by atoms with van der Waals surface area (Å²) in [6, 6.07) is 6.81. The largest absolute Gasteiger partial charge is 0.467 e. The highest BCUT2D eigenvalue weighted by Crippen LogP contribution is 1.99. The van der Waals surface area contributed by atoms with Crippen LogP contribution in [-0.4, -0.2) is 22.5 Å². The van der Waals surface area contributed by atoms with E-state index in [0.29, 0.717) is 23.6 Å². The van der Waals surface area contributed by atoms with E-state index in [1.54, 1.807) is 43.6 Å². The second-order valence-corrected chi connectivity index (χ2v) is 4.56. The number of aromatic nitrogens is 1. The lowest BCUT2D eigenvalue weighted by Crippen LogP contribution is -2.26. The van der Waals surface area contributed by atoms with E-state index in [1.807, 2.05) is 0 Å². The van der Waals surface area contributed by atoms with Crippen LogP contribution in [0.1, 0.15) is 29.5 Å². The van der Waals surface area contributed by atoms with E-state index in [4.69, 9.17) is 4.42 Å². The number of amides is 2. The maximum atomic E-state index is 11.7. The zero-order valence-corrected chi connectivity index (χ0v) is 12.1. The molecule has 0 aromatic carbocycles. The second-order valence-electron chi connectivity index (χ2n) is 4.56. The smallest absolute Gasteiger partial charge is 0.272 e. The number of hydrogen-bond acceptors (Lipinski definition) is 5. The van der Waals surface area contributed by atoms with Crippen LogP contribution in [0.2, 0.25) is 0 Å². The summed E-state index contributed by atoms with van der Waals surface area (Å²) in [7, 11) is 0. The number of hydrogen-bond donors (Lipinski definition) is 2.